The van der Waals surface area contributed by atoms with Crippen LogP contribution < -0.4 is 0 Å². The summed E-state index contributed by atoms with van der Waals surface area (Å²) in [5.74, 6) is 0. The van der Waals surface area contributed by atoms with Gasteiger partial charge in [0.2, 0.25) is 0 Å². The summed E-state index contributed by atoms with van der Waals surface area (Å²) in [6.45, 7) is 4.23. The number of fused-ring (bicyclic) bond motifs is 2. The number of rotatable bonds is 0. The Hall–Kier alpha value is -1.37. The Bertz CT molecular complexity index is 376. The molecule has 1 nitrogen and oxygen atoms in total. The maximum Gasteiger partial charge on any atom is 0.0303 e. The van der Waals surface area contributed by atoms with Gasteiger partial charge in [-0.15, -0.1) is 0 Å². The summed E-state index contributed by atoms with van der Waals surface area (Å²) in [5, 5.41) is 0. The van der Waals surface area contributed by atoms with Gasteiger partial charge in [0.15, 0.2) is 0 Å². The van der Waals surface area contributed by atoms with Crippen molar-refractivity contribution in [2.45, 2.75) is 20.3 Å². The Morgan fingerprint density at radius 1 is 1.23 bits per heavy atom. The van der Waals surface area contributed by atoms with Crippen molar-refractivity contribution < 1.29 is 0 Å². The van der Waals surface area contributed by atoms with Crippen LogP contribution >= 0.6 is 0 Å². The molecule has 0 aromatic carbocycles. The van der Waals surface area contributed by atoms with Gasteiger partial charge in [0.1, 0.15) is 0 Å². The van der Waals surface area contributed by atoms with E-state index in [9.17, 15) is 0 Å². The van der Waals surface area contributed by atoms with Crippen LogP contribution in [0.5, 0.6) is 0 Å². The van der Waals surface area contributed by atoms with E-state index in [-0.39, 0.29) is 0 Å². The molecule has 13 heavy (non-hydrogen) atoms. The lowest BCUT2D eigenvalue weighted by molar-refractivity contribution is 1.19. The van der Waals surface area contributed by atoms with Crippen molar-refractivity contribution in [2.75, 3.05) is 0 Å². The van der Waals surface area contributed by atoms with Gasteiger partial charge in [0.05, 0.1) is 0 Å². The molecule has 1 aliphatic heterocycles. The van der Waals surface area contributed by atoms with Crippen LogP contribution in [-0.2, 0) is 0 Å². The van der Waals surface area contributed by atoms with Crippen LogP contribution in [-0.4, -0.2) is 6.21 Å². The molecule has 0 aromatic rings. The Labute approximate surface area is 78.9 Å². The van der Waals surface area contributed by atoms with Gasteiger partial charge in [-0.1, -0.05) is 23.8 Å². The van der Waals surface area contributed by atoms with Crippen molar-refractivity contribution in [3.05, 3.63) is 46.7 Å². The lowest BCUT2D eigenvalue weighted by atomic mass is 10.0. The first-order chi connectivity index (χ1) is 6.25. The van der Waals surface area contributed by atoms with Gasteiger partial charge in [-0.3, -0.25) is 4.99 Å². The predicted octanol–water partition coefficient (Wildman–Crippen LogP) is 3.18. The smallest absolute Gasteiger partial charge is 0.0303 e. The third kappa shape index (κ3) is 1.69. The fourth-order valence-electron chi connectivity index (χ4n) is 1.58. The van der Waals surface area contributed by atoms with Gasteiger partial charge >= 0.3 is 0 Å². The van der Waals surface area contributed by atoms with Crippen LogP contribution in [0.1, 0.15) is 20.3 Å². The molecule has 1 aliphatic carbocycles. The van der Waals surface area contributed by atoms with E-state index in [2.05, 4.69) is 37.1 Å². The van der Waals surface area contributed by atoms with Crippen LogP contribution in [0.25, 0.3) is 0 Å². The molecular weight excluding hydrogens is 158 g/mol. The summed E-state index contributed by atoms with van der Waals surface area (Å²) in [4.78, 5) is 4.25. The van der Waals surface area contributed by atoms with E-state index in [0.29, 0.717) is 0 Å². The fraction of sp³-hybridized carbons (Fsp3) is 0.250. The second-order valence-electron chi connectivity index (χ2n) is 3.59. The normalized spacial score (nSPS) is 20.8. The Balaban J connectivity index is 2.53. The fourth-order valence-corrected chi connectivity index (χ4v) is 1.58. The standard InChI is InChI=1S/C12H13N/c1-9-3-4-12-6-11(5-9)8-13-7-10(12)2/h3-5,7-8H,6H2,1-2H3. The highest BCUT2D eigenvalue weighted by Crippen LogP contribution is 2.24. The first kappa shape index (κ1) is 8.24. The van der Waals surface area contributed by atoms with E-state index in [4.69, 9.17) is 0 Å². The van der Waals surface area contributed by atoms with Gasteiger partial charge in [0.25, 0.3) is 0 Å². The molecule has 0 amide bonds. The zero-order chi connectivity index (χ0) is 9.26. The molecule has 2 aliphatic rings. The highest BCUT2D eigenvalue weighted by Gasteiger charge is 2.06. The van der Waals surface area contributed by atoms with Crippen LogP contribution in [0.4, 0.5) is 0 Å². The summed E-state index contributed by atoms with van der Waals surface area (Å²) >= 11 is 0. The second kappa shape index (κ2) is 3.17. The van der Waals surface area contributed by atoms with E-state index in [1.807, 2.05) is 12.4 Å². The molecule has 0 saturated carbocycles. The number of hydrogen-bond donors (Lipinski definition) is 0. The molecular formula is C12H13N. The predicted molar refractivity (Wildman–Crippen MR) is 56.8 cm³/mol. The van der Waals surface area contributed by atoms with Crippen LogP contribution in [0, 0.1) is 0 Å². The quantitative estimate of drug-likeness (QED) is 0.531. The molecule has 0 fully saturated rings. The summed E-state index contributed by atoms with van der Waals surface area (Å²) in [7, 11) is 0. The molecule has 1 heterocycles. The number of nitrogens with zero attached hydrogens (tertiary/aromatic N) is 1. The molecule has 0 saturated heterocycles. The third-order valence-corrected chi connectivity index (χ3v) is 2.37. The van der Waals surface area contributed by atoms with Crippen LogP contribution in [0.15, 0.2) is 51.7 Å². The molecule has 0 N–H and O–H groups in total. The van der Waals surface area contributed by atoms with Crippen LogP contribution in [0.2, 0.25) is 0 Å². The molecule has 0 aromatic heterocycles. The van der Waals surface area contributed by atoms with E-state index in [1.165, 1.54) is 22.3 Å². The first-order valence-electron chi connectivity index (χ1n) is 4.54. The SMILES string of the molecule is CC1=CC2=CN=CC(C)=C(C=C1)C2. The Morgan fingerprint density at radius 3 is 2.92 bits per heavy atom. The highest BCUT2D eigenvalue weighted by atomic mass is 14.7. The van der Waals surface area contributed by atoms with E-state index >= 15 is 0 Å². The van der Waals surface area contributed by atoms with E-state index in [0.717, 1.165) is 6.42 Å². The number of aliphatic imine (C=N–C) groups is 1. The summed E-state index contributed by atoms with van der Waals surface area (Å²) in [5.41, 5.74) is 5.24. The molecule has 66 valence electrons. The van der Waals surface area contributed by atoms with Crippen LogP contribution in [0.3, 0.4) is 0 Å². The number of hydrogen-bond acceptors (Lipinski definition) is 1. The Kier molecular flexibility index (Phi) is 2.01. The molecule has 2 bridgehead atoms. The minimum absolute atomic E-state index is 1.01. The van der Waals surface area contributed by atoms with Crippen molar-refractivity contribution in [3.63, 3.8) is 0 Å². The summed E-state index contributed by atoms with van der Waals surface area (Å²) in [6.07, 6.45) is 11.4. The average molecular weight is 171 g/mol. The van der Waals surface area contributed by atoms with Gasteiger partial charge in [-0.05, 0) is 37.0 Å². The van der Waals surface area contributed by atoms with Crippen molar-refractivity contribution in [3.8, 4) is 0 Å². The molecule has 0 unspecified atom stereocenters. The molecule has 0 atom stereocenters. The second-order valence-corrected chi connectivity index (χ2v) is 3.59. The van der Waals surface area contributed by atoms with E-state index < -0.39 is 0 Å². The minimum Gasteiger partial charge on any atom is -0.264 e. The zero-order valence-electron chi connectivity index (χ0n) is 8.04. The summed E-state index contributed by atoms with van der Waals surface area (Å²) in [6, 6.07) is 0. The van der Waals surface area contributed by atoms with Gasteiger partial charge in [-0.2, -0.15) is 0 Å². The zero-order valence-corrected chi connectivity index (χ0v) is 8.04. The average Bonchev–Trinajstić information content (AvgIpc) is 2.36. The minimum atomic E-state index is 1.01. The third-order valence-electron chi connectivity index (χ3n) is 2.37. The highest BCUT2D eigenvalue weighted by molar-refractivity contribution is 5.81. The summed E-state index contributed by atoms with van der Waals surface area (Å²) < 4.78 is 0. The van der Waals surface area contributed by atoms with Crippen molar-refractivity contribution >= 4 is 6.21 Å². The van der Waals surface area contributed by atoms with Crippen molar-refractivity contribution in [1.82, 2.24) is 0 Å². The van der Waals surface area contributed by atoms with Gasteiger partial charge in [-0.25, -0.2) is 0 Å². The van der Waals surface area contributed by atoms with Crippen molar-refractivity contribution in [2.24, 2.45) is 4.99 Å². The van der Waals surface area contributed by atoms with Gasteiger partial charge in [0, 0.05) is 12.4 Å². The van der Waals surface area contributed by atoms with E-state index in [1.54, 1.807) is 0 Å². The van der Waals surface area contributed by atoms with Gasteiger partial charge < -0.3 is 0 Å². The lowest BCUT2D eigenvalue weighted by Crippen LogP contribution is -1.85. The lowest BCUT2D eigenvalue weighted by Gasteiger charge is -2.00. The number of allylic oxidation sites excluding steroid dienone is 7. The van der Waals surface area contributed by atoms with Crippen molar-refractivity contribution in [1.29, 1.82) is 0 Å². The molecule has 0 radical (unpaired) electrons. The maximum absolute atomic E-state index is 4.25. The maximum atomic E-state index is 4.25. The first-order valence-corrected chi connectivity index (χ1v) is 4.54. The monoisotopic (exact) mass is 171 g/mol. The molecule has 0 spiro atoms. The Morgan fingerprint density at radius 2 is 2.08 bits per heavy atom. The molecule has 1 heteroatoms. The molecule has 2 rings (SSSR count). The topological polar surface area (TPSA) is 12.4 Å². The largest absolute Gasteiger partial charge is 0.264 e.